The summed E-state index contributed by atoms with van der Waals surface area (Å²) in [4.78, 5) is 27.2. The third kappa shape index (κ3) is 1.68. The Balaban J connectivity index is 2.13. The van der Waals surface area contributed by atoms with E-state index >= 15 is 0 Å². The van der Waals surface area contributed by atoms with Gasteiger partial charge < -0.3 is 16.0 Å². The number of carbonyl (C=O) groups excluding carboxylic acids is 2. The molecule has 0 bridgehead atoms. The Labute approximate surface area is 94.7 Å². The summed E-state index contributed by atoms with van der Waals surface area (Å²) in [6.07, 6.45) is 1.38. The van der Waals surface area contributed by atoms with Crippen LogP contribution >= 0.6 is 0 Å². The van der Waals surface area contributed by atoms with Crippen molar-refractivity contribution in [3.05, 3.63) is 0 Å². The second-order valence-electron chi connectivity index (χ2n) is 4.56. The van der Waals surface area contributed by atoms with Crippen LogP contribution in [0.4, 0.5) is 4.79 Å². The van der Waals surface area contributed by atoms with E-state index in [2.05, 4.69) is 10.2 Å². The number of rotatable bonds is 2. The average Bonchev–Trinajstić information content (AvgIpc) is 2.49. The van der Waals surface area contributed by atoms with Crippen molar-refractivity contribution in [2.75, 3.05) is 33.2 Å². The minimum absolute atomic E-state index is 0.101. The molecule has 2 fully saturated rings. The van der Waals surface area contributed by atoms with E-state index in [4.69, 9.17) is 5.73 Å². The van der Waals surface area contributed by atoms with Gasteiger partial charge in [-0.05, 0) is 19.9 Å². The summed E-state index contributed by atoms with van der Waals surface area (Å²) >= 11 is 0. The molecule has 2 rings (SSSR count). The van der Waals surface area contributed by atoms with Crippen molar-refractivity contribution in [1.29, 1.82) is 0 Å². The van der Waals surface area contributed by atoms with Gasteiger partial charge in [0.15, 0.2) is 0 Å². The third-order valence-corrected chi connectivity index (χ3v) is 3.44. The summed E-state index contributed by atoms with van der Waals surface area (Å²) in [5, 5.41) is 2.83. The summed E-state index contributed by atoms with van der Waals surface area (Å²) in [6, 6.07) is -0.292. The van der Waals surface area contributed by atoms with Gasteiger partial charge in [0.1, 0.15) is 5.54 Å². The van der Waals surface area contributed by atoms with E-state index in [1.54, 1.807) is 0 Å². The van der Waals surface area contributed by atoms with E-state index < -0.39 is 5.54 Å². The lowest BCUT2D eigenvalue weighted by atomic mass is 9.88. The number of carbonyl (C=O) groups is 2. The first-order valence-electron chi connectivity index (χ1n) is 5.62. The molecule has 90 valence electrons. The van der Waals surface area contributed by atoms with Gasteiger partial charge in [0.25, 0.3) is 5.91 Å². The molecule has 0 aromatic carbocycles. The van der Waals surface area contributed by atoms with Crippen molar-refractivity contribution in [3.63, 3.8) is 0 Å². The van der Waals surface area contributed by atoms with Gasteiger partial charge in [-0.25, -0.2) is 4.79 Å². The van der Waals surface area contributed by atoms with E-state index in [1.165, 1.54) is 4.90 Å². The molecule has 2 heterocycles. The molecule has 0 saturated carbocycles. The maximum atomic E-state index is 12.2. The molecule has 0 radical (unpaired) electrons. The Hall–Kier alpha value is -1.14. The Morgan fingerprint density at radius 2 is 2.00 bits per heavy atom. The lowest BCUT2D eigenvalue weighted by Crippen LogP contribution is -2.54. The number of nitrogens with one attached hydrogen (secondary N) is 1. The Bertz CT molecular complexity index is 310. The number of nitrogens with zero attached hydrogens (tertiary/aromatic N) is 2. The van der Waals surface area contributed by atoms with Crippen LogP contribution in [0.3, 0.4) is 0 Å². The minimum Gasteiger partial charge on any atom is -0.329 e. The molecule has 0 aromatic heterocycles. The molecule has 1 spiro atoms. The van der Waals surface area contributed by atoms with Crippen LogP contribution in [-0.2, 0) is 4.79 Å². The molecule has 0 unspecified atom stereocenters. The molecule has 2 aliphatic rings. The van der Waals surface area contributed by atoms with E-state index in [-0.39, 0.29) is 11.9 Å². The largest absolute Gasteiger partial charge is 0.329 e. The predicted octanol–water partition coefficient (Wildman–Crippen LogP) is -1.04. The van der Waals surface area contributed by atoms with Gasteiger partial charge in [-0.3, -0.25) is 9.69 Å². The third-order valence-electron chi connectivity index (χ3n) is 3.44. The van der Waals surface area contributed by atoms with Gasteiger partial charge in [-0.1, -0.05) is 0 Å². The molecule has 0 aromatic rings. The zero-order chi connectivity index (χ0) is 11.8. The highest BCUT2D eigenvalue weighted by molar-refractivity contribution is 6.07. The number of urea groups is 1. The zero-order valence-electron chi connectivity index (χ0n) is 9.53. The quantitative estimate of drug-likeness (QED) is 0.590. The summed E-state index contributed by atoms with van der Waals surface area (Å²) < 4.78 is 0. The van der Waals surface area contributed by atoms with Crippen LogP contribution in [0.15, 0.2) is 0 Å². The lowest BCUT2D eigenvalue weighted by molar-refractivity contribution is -0.132. The summed E-state index contributed by atoms with van der Waals surface area (Å²) in [5.41, 5.74) is 4.74. The molecule has 16 heavy (non-hydrogen) atoms. The van der Waals surface area contributed by atoms with Crippen LogP contribution in [0, 0.1) is 0 Å². The number of likely N-dealkylation sites (tertiary alicyclic amines) is 1. The SMILES string of the molecule is CN1CCC2(CC1)NC(=O)N(CCN)C2=O. The number of hydrogen-bond acceptors (Lipinski definition) is 4. The zero-order valence-corrected chi connectivity index (χ0v) is 9.53. The van der Waals surface area contributed by atoms with Crippen LogP contribution in [0.5, 0.6) is 0 Å². The summed E-state index contributed by atoms with van der Waals surface area (Å²) in [5.74, 6) is -0.101. The molecule has 6 heteroatoms. The van der Waals surface area contributed by atoms with Gasteiger partial charge in [0.2, 0.25) is 0 Å². The first-order chi connectivity index (χ1) is 7.59. The molecule has 3 N–H and O–H groups in total. The summed E-state index contributed by atoms with van der Waals surface area (Å²) in [6.45, 7) is 2.29. The molecule has 2 aliphatic heterocycles. The van der Waals surface area contributed by atoms with Crippen molar-refractivity contribution < 1.29 is 9.59 Å². The first kappa shape index (κ1) is 11.3. The monoisotopic (exact) mass is 226 g/mol. The molecule has 0 atom stereocenters. The number of nitrogens with two attached hydrogens (primary N) is 1. The highest BCUT2D eigenvalue weighted by atomic mass is 16.2. The number of hydrogen-bond donors (Lipinski definition) is 2. The fourth-order valence-electron chi connectivity index (χ4n) is 2.35. The highest BCUT2D eigenvalue weighted by Crippen LogP contribution is 2.28. The molecular weight excluding hydrogens is 208 g/mol. The van der Waals surface area contributed by atoms with Crippen LogP contribution < -0.4 is 11.1 Å². The second kappa shape index (κ2) is 4.03. The molecule has 0 aliphatic carbocycles. The maximum absolute atomic E-state index is 12.2. The van der Waals surface area contributed by atoms with Gasteiger partial charge in [0, 0.05) is 26.2 Å². The first-order valence-corrected chi connectivity index (χ1v) is 5.62. The summed E-state index contributed by atoms with van der Waals surface area (Å²) in [7, 11) is 2.02. The number of imide groups is 1. The normalized spacial score (nSPS) is 25.2. The lowest BCUT2D eigenvalue weighted by Gasteiger charge is -2.35. The standard InChI is InChI=1S/C10H18N4O2/c1-13-5-2-10(3-6-13)8(15)14(7-4-11)9(16)12-10/h2-7,11H2,1H3,(H,12,16). The average molecular weight is 226 g/mol. The Morgan fingerprint density at radius 3 is 2.56 bits per heavy atom. The van der Waals surface area contributed by atoms with Crippen molar-refractivity contribution in [3.8, 4) is 0 Å². The van der Waals surface area contributed by atoms with E-state index in [1.807, 2.05) is 7.05 Å². The number of amides is 3. The topological polar surface area (TPSA) is 78.7 Å². The van der Waals surface area contributed by atoms with Gasteiger partial charge >= 0.3 is 6.03 Å². The fourth-order valence-corrected chi connectivity index (χ4v) is 2.35. The highest BCUT2D eigenvalue weighted by Gasteiger charge is 2.51. The molecule has 3 amide bonds. The molecule has 6 nitrogen and oxygen atoms in total. The predicted molar refractivity (Wildman–Crippen MR) is 58.8 cm³/mol. The van der Waals surface area contributed by atoms with Gasteiger partial charge in [-0.2, -0.15) is 0 Å². The van der Waals surface area contributed by atoms with Crippen LogP contribution in [0.1, 0.15) is 12.8 Å². The fraction of sp³-hybridized carbons (Fsp3) is 0.800. The smallest absolute Gasteiger partial charge is 0.325 e. The van der Waals surface area contributed by atoms with Crippen molar-refractivity contribution in [1.82, 2.24) is 15.1 Å². The van der Waals surface area contributed by atoms with E-state index in [9.17, 15) is 9.59 Å². The van der Waals surface area contributed by atoms with Crippen molar-refractivity contribution in [2.45, 2.75) is 18.4 Å². The van der Waals surface area contributed by atoms with Crippen molar-refractivity contribution in [2.24, 2.45) is 5.73 Å². The molecule has 2 saturated heterocycles. The van der Waals surface area contributed by atoms with Crippen LogP contribution in [-0.4, -0.2) is 60.5 Å². The second-order valence-corrected chi connectivity index (χ2v) is 4.56. The minimum atomic E-state index is -0.654. The molecular formula is C10H18N4O2. The maximum Gasteiger partial charge on any atom is 0.325 e. The van der Waals surface area contributed by atoms with Crippen LogP contribution in [0.2, 0.25) is 0 Å². The van der Waals surface area contributed by atoms with Gasteiger partial charge in [0.05, 0.1) is 0 Å². The van der Waals surface area contributed by atoms with Gasteiger partial charge in [-0.15, -0.1) is 0 Å². The van der Waals surface area contributed by atoms with E-state index in [0.29, 0.717) is 25.9 Å². The van der Waals surface area contributed by atoms with Crippen molar-refractivity contribution >= 4 is 11.9 Å². The Kier molecular flexibility index (Phi) is 2.86. The number of piperidine rings is 1. The van der Waals surface area contributed by atoms with Crippen LogP contribution in [0.25, 0.3) is 0 Å². The van der Waals surface area contributed by atoms with E-state index in [0.717, 1.165) is 13.1 Å². The Morgan fingerprint density at radius 1 is 1.38 bits per heavy atom.